The van der Waals surface area contributed by atoms with Gasteiger partial charge < -0.3 is 10.6 Å². The summed E-state index contributed by atoms with van der Waals surface area (Å²) in [6.07, 6.45) is 3.83. The van der Waals surface area contributed by atoms with Gasteiger partial charge >= 0.3 is 0 Å². The van der Waals surface area contributed by atoms with Crippen LogP contribution in [-0.4, -0.2) is 19.1 Å². The second kappa shape index (κ2) is 5.77. The van der Waals surface area contributed by atoms with E-state index in [0.717, 1.165) is 12.5 Å². The minimum absolute atomic E-state index is 0.109. The van der Waals surface area contributed by atoms with Crippen LogP contribution in [0, 0.1) is 25.7 Å². The molecule has 1 saturated carbocycles. The van der Waals surface area contributed by atoms with Crippen molar-refractivity contribution in [3.8, 4) is 0 Å². The van der Waals surface area contributed by atoms with Gasteiger partial charge in [-0.2, -0.15) is 0 Å². The highest BCUT2D eigenvalue weighted by atomic mass is 15.2. The first-order valence-electron chi connectivity index (χ1n) is 7.93. The van der Waals surface area contributed by atoms with Crippen molar-refractivity contribution >= 4 is 5.69 Å². The highest BCUT2D eigenvalue weighted by Gasteiger charge is 2.43. The molecule has 1 fully saturated rings. The van der Waals surface area contributed by atoms with Gasteiger partial charge in [0.15, 0.2) is 0 Å². The maximum absolute atomic E-state index is 6.26. The van der Waals surface area contributed by atoms with Gasteiger partial charge in [-0.15, -0.1) is 0 Å². The minimum atomic E-state index is 0.109. The SMILES string of the molecule is Cc1cc(C)cc(N(C)C2(CN)CCCC(C)C2C)c1. The van der Waals surface area contributed by atoms with E-state index < -0.39 is 0 Å². The van der Waals surface area contributed by atoms with E-state index in [2.05, 4.69) is 57.8 Å². The first kappa shape index (κ1) is 15.4. The molecule has 2 heteroatoms. The molecule has 3 atom stereocenters. The molecule has 1 aliphatic carbocycles. The third kappa shape index (κ3) is 2.58. The van der Waals surface area contributed by atoms with Crippen molar-refractivity contribution < 1.29 is 0 Å². The molecule has 0 bridgehead atoms. The predicted octanol–water partition coefficient (Wildman–Crippen LogP) is 3.89. The Balaban J connectivity index is 2.39. The summed E-state index contributed by atoms with van der Waals surface area (Å²) in [6.45, 7) is 9.85. The zero-order valence-electron chi connectivity index (χ0n) is 13.7. The maximum Gasteiger partial charge on any atom is 0.0548 e. The Morgan fingerprint density at radius 2 is 1.80 bits per heavy atom. The molecule has 20 heavy (non-hydrogen) atoms. The van der Waals surface area contributed by atoms with E-state index in [9.17, 15) is 0 Å². The standard InChI is InChI=1S/C18H30N2/c1-13-9-14(2)11-17(10-13)20(5)18(12-19)8-6-7-15(3)16(18)4/h9-11,15-16H,6-8,12,19H2,1-5H3. The van der Waals surface area contributed by atoms with E-state index in [0.29, 0.717) is 5.92 Å². The van der Waals surface area contributed by atoms with Crippen molar-refractivity contribution in [3.05, 3.63) is 29.3 Å². The smallest absolute Gasteiger partial charge is 0.0548 e. The third-order valence-electron chi connectivity index (χ3n) is 5.59. The molecule has 3 unspecified atom stereocenters. The second-order valence-corrected chi connectivity index (χ2v) is 6.87. The average Bonchev–Trinajstić information content (AvgIpc) is 2.40. The maximum atomic E-state index is 6.26. The van der Waals surface area contributed by atoms with E-state index in [1.807, 2.05) is 0 Å². The number of benzene rings is 1. The molecule has 0 aliphatic heterocycles. The van der Waals surface area contributed by atoms with Crippen molar-refractivity contribution in [1.82, 2.24) is 0 Å². The van der Waals surface area contributed by atoms with Crippen molar-refractivity contribution in [2.45, 2.75) is 52.5 Å². The van der Waals surface area contributed by atoms with E-state index in [1.165, 1.54) is 36.1 Å². The number of nitrogens with two attached hydrogens (primary N) is 1. The molecule has 1 aromatic rings. The molecule has 1 aromatic carbocycles. The Morgan fingerprint density at radius 3 is 2.35 bits per heavy atom. The molecule has 2 nitrogen and oxygen atoms in total. The highest BCUT2D eigenvalue weighted by Crippen LogP contribution is 2.42. The zero-order chi connectivity index (χ0) is 14.9. The molecule has 0 amide bonds. The lowest BCUT2D eigenvalue weighted by Gasteiger charge is -2.52. The van der Waals surface area contributed by atoms with Crippen LogP contribution in [0.15, 0.2) is 18.2 Å². The Kier molecular flexibility index (Phi) is 4.43. The lowest BCUT2D eigenvalue weighted by atomic mass is 9.67. The van der Waals surface area contributed by atoms with Crippen molar-refractivity contribution in [2.75, 3.05) is 18.5 Å². The largest absolute Gasteiger partial charge is 0.367 e. The number of rotatable bonds is 3. The van der Waals surface area contributed by atoms with Crippen LogP contribution in [-0.2, 0) is 0 Å². The van der Waals surface area contributed by atoms with Gasteiger partial charge in [0.25, 0.3) is 0 Å². The first-order chi connectivity index (χ1) is 9.40. The molecule has 2 N–H and O–H groups in total. The van der Waals surface area contributed by atoms with Gasteiger partial charge in [0, 0.05) is 19.3 Å². The highest BCUT2D eigenvalue weighted by molar-refractivity contribution is 5.53. The number of nitrogens with zero attached hydrogens (tertiary/aromatic N) is 1. The monoisotopic (exact) mass is 274 g/mol. The van der Waals surface area contributed by atoms with Crippen LogP contribution in [0.1, 0.15) is 44.2 Å². The molecule has 0 heterocycles. The van der Waals surface area contributed by atoms with Gasteiger partial charge in [-0.05, 0) is 55.4 Å². The molecule has 0 radical (unpaired) electrons. The molecule has 1 aliphatic rings. The number of hydrogen-bond acceptors (Lipinski definition) is 2. The minimum Gasteiger partial charge on any atom is -0.367 e. The Hall–Kier alpha value is -1.02. The van der Waals surface area contributed by atoms with Crippen LogP contribution in [0.5, 0.6) is 0 Å². The Bertz CT molecular complexity index is 448. The Labute approximate surface area is 124 Å². The number of hydrogen-bond donors (Lipinski definition) is 1. The average molecular weight is 274 g/mol. The van der Waals surface area contributed by atoms with Gasteiger partial charge in [0.2, 0.25) is 0 Å². The van der Waals surface area contributed by atoms with E-state index >= 15 is 0 Å². The fourth-order valence-electron chi connectivity index (χ4n) is 4.04. The van der Waals surface area contributed by atoms with Crippen molar-refractivity contribution in [3.63, 3.8) is 0 Å². The summed E-state index contributed by atoms with van der Waals surface area (Å²) in [5.41, 5.74) is 10.3. The molecular formula is C18H30N2. The fourth-order valence-corrected chi connectivity index (χ4v) is 4.04. The normalized spacial score (nSPS) is 30.3. The molecular weight excluding hydrogens is 244 g/mol. The van der Waals surface area contributed by atoms with Gasteiger partial charge in [-0.25, -0.2) is 0 Å². The molecule has 2 rings (SSSR count). The van der Waals surface area contributed by atoms with Crippen LogP contribution in [0.3, 0.4) is 0 Å². The quantitative estimate of drug-likeness (QED) is 0.906. The molecule has 0 saturated heterocycles. The van der Waals surface area contributed by atoms with Crippen LogP contribution in [0.4, 0.5) is 5.69 Å². The number of aryl methyl sites for hydroxylation is 2. The topological polar surface area (TPSA) is 29.3 Å². The second-order valence-electron chi connectivity index (χ2n) is 6.87. The molecule has 0 spiro atoms. The molecule has 0 aromatic heterocycles. The van der Waals surface area contributed by atoms with Gasteiger partial charge in [0.05, 0.1) is 5.54 Å². The number of anilines is 1. The first-order valence-corrected chi connectivity index (χ1v) is 7.93. The third-order valence-corrected chi connectivity index (χ3v) is 5.59. The fraction of sp³-hybridized carbons (Fsp3) is 0.667. The summed E-state index contributed by atoms with van der Waals surface area (Å²) >= 11 is 0. The Morgan fingerprint density at radius 1 is 1.20 bits per heavy atom. The summed E-state index contributed by atoms with van der Waals surface area (Å²) in [6, 6.07) is 6.81. The van der Waals surface area contributed by atoms with E-state index in [1.54, 1.807) is 0 Å². The van der Waals surface area contributed by atoms with Gasteiger partial charge in [-0.3, -0.25) is 0 Å². The summed E-state index contributed by atoms with van der Waals surface area (Å²) in [5.74, 6) is 1.38. The van der Waals surface area contributed by atoms with Crippen molar-refractivity contribution in [2.24, 2.45) is 17.6 Å². The summed E-state index contributed by atoms with van der Waals surface area (Å²) in [5, 5.41) is 0. The summed E-state index contributed by atoms with van der Waals surface area (Å²) in [4.78, 5) is 2.47. The van der Waals surface area contributed by atoms with Crippen LogP contribution in [0.25, 0.3) is 0 Å². The van der Waals surface area contributed by atoms with Gasteiger partial charge in [-0.1, -0.05) is 32.8 Å². The van der Waals surface area contributed by atoms with E-state index in [4.69, 9.17) is 5.73 Å². The predicted molar refractivity (Wildman–Crippen MR) is 88.3 cm³/mol. The van der Waals surface area contributed by atoms with Crippen LogP contribution >= 0.6 is 0 Å². The molecule has 112 valence electrons. The summed E-state index contributed by atoms with van der Waals surface area (Å²) < 4.78 is 0. The lowest BCUT2D eigenvalue weighted by molar-refractivity contribution is 0.144. The zero-order valence-corrected chi connectivity index (χ0v) is 13.7. The van der Waals surface area contributed by atoms with Crippen LogP contribution < -0.4 is 10.6 Å². The van der Waals surface area contributed by atoms with Crippen molar-refractivity contribution in [1.29, 1.82) is 0 Å². The van der Waals surface area contributed by atoms with Gasteiger partial charge in [0.1, 0.15) is 0 Å². The van der Waals surface area contributed by atoms with Crippen LogP contribution in [0.2, 0.25) is 0 Å². The lowest BCUT2D eigenvalue weighted by Crippen LogP contribution is -2.60. The van der Waals surface area contributed by atoms with E-state index in [-0.39, 0.29) is 5.54 Å². The summed E-state index contributed by atoms with van der Waals surface area (Å²) in [7, 11) is 2.23. The number of likely N-dealkylation sites (N-methyl/N-ethyl adjacent to an activating group) is 1.